The van der Waals surface area contributed by atoms with E-state index >= 15 is 0 Å². The summed E-state index contributed by atoms with van der Waals surface area (Å²) in [5, 5.41) is 14.0. The number of ether oxygens (including phenoxy) is 2. The molecule has 2 heterocycles. The molecule has 9 nitrogen and oxygen atoms in total. The van der Waals surface area contributed by atoms with Crippen molar-refractivity contribution in [1.29, 1.82) is 0 Å². The highest BCUT2D eigenvalue weighted by atomic mass is 32.2. The summed E-state index contributed by atoms with van der Waals surface area (Å²) < 4.78 is 11.7. The van der Waals surface area contributed by atoms with Crippen molar-refractivity contribution in [2.75, 3.05) is 19.0 Å². The third-order valence-electron chi connectivity index (χ3n) is 2.75. The number of aromatic nitrogens is 4. The minimum Gasteiger partial charge on any atom is -0.450 e. The summed E-state index contributed by atoms with van der Waals surface area (Å²) >= 11 is 1.16. The first-order chi connectivity index (χ1) is 10.2. The molecule has 1 aliphatic rings. The number of alkyl carbamates (subject to hydrolysis) is 1. The zero-order chi connectivity index (χ0) is 15.1. The van der Waals surface area contributed by atoms with Gasteiger partial charge in [0.05, 0.1) is 25.0 Å². The van der Waals surface area contributed by atoms with E-state index in [2.05, 4.69) is 25.6 Å². The average molecular weight is 315 g/mol. The fourth-order valence-electron chi connectivity index (χ4n) is 1.84. The van der Waals surface area contributed by atoms with Gasteiger partial charge in [-0.25, -0.2) is 9.48 Å². The van der Waals surface area contributed by atoms with Crippen LogP contribution in [-0.4, -0.2) is 57.3 Å². The summed E-state index contributed by atoms with van der Waals surface area (Å²) in [6, 6.07) is 0. The topological polar surface area (TPSA) is 108 Å². The minimum absolute atomic E-state index is 0.0325. The normalized spacial score (nSPS) is 17.7. The first kappa shape index (κ1) is 15.7. The highest BCUT2D eigenvalue weighted by molar-refractivity contribution is 7.99. The number of hydrogen-bond acceptors (Lipinski definition) is 8. The third-order valence-corrected chi connectivity index (χ3v) is 3.71. The van der Waals surface area contributed by atoms with Gasteiger partial charge in [0.25, 0.3) is 0 Å². The number of imide groups is 1. The molecule has 1 atom stereocenters. The van der Waals surface area contributed by atoms with Crippen molar-refractivity contribution in [2.45, 2.75) is 37.6 Å². The molecular formula is C11H17N5O4S. The first-order valence-corrected chi connectivity index (χ1v) is 7.64. The molecule has 0 saturated carbocycles. The van der Waals surface area contributed by atoms with Crippen LogP contribution in [0.3, 0.4) is 0 Å². The Labute approximate surface area is 125 Å². The molecule has 2 rings (SSSR count). The van der Waals surface area contributed by atoms with E-state index in [1.807, 2.05) is 0 Å². The van der Waals surface area contributed by atoms with Crippen LogP contribution in [-0.2, 0) is 20.8 Å². The van der Waals surface area contributed by atoms with Gasteiger partial charge in [0.15, 0.2) is 0 Å². The maximum absolute atomic E-state index is 11.5. The van der Waals surface area contributed by atoms with E-state index in [1.165, 1.54) is 0 Å². The maximum Gasteiger partial charge on any atom is 0.413 e. The Kier molecular flexibility index (Phi) is 5.93. The second-order valence-corrected chi connectivity index (χ2v) is 5.28. The molecule has 0 aliphatic carbocycles. The van der Waals surface area contributed by atoms with Gasteiger partial charge in [-0.3, -0.25) is 10.1 Å². The molecule has 0 unspecified atom stereocenters. The van der Waals surface area contributed by atoms with E-state index in [4.69, 9.17) is 4.74 Å². The van der Waals surface area contributed by atoms with Crippen LogP contribution in [0, 0.1) is 0 Å². The molecule has 0 bridgehead atoms. The van der Waals surface area contributed by atoms with Crippen LogP contribution >= 0.6 is 11.8 Å². The van der Waals surface area contributed by atoms with Gasteiger partial charge in [0, 0.05) is 6.61 Å². The Balaban J connectivity index is 1.79. The Morgan fingerprint density at radius 1 is 1.57 bits per heavy atom. The molecule has 1 aromatic heterocycles. The van der Waals surface area contributed by atoms with Crippen LogP contribution < -0.4 is 5.32 Å². The van der Waals surface area contributed by atoms with Crippen molar-refractivity contribution in [3.8, 4) is 0 Å². The van der Waals surface area contributed by atoms with Crippen molar-refractivity contribution in [3.05, 3.63) is 0 Å². The van der Waals surface area contributed by atoms with Crippen molar-refractivity contribution in [1.82, 2.24) is 25.5 Å². The van der Waals surface area contributed by atoms with Crippen molar-refractivity contribution < 1.29 is 19.1 Å². The summed E-state index contributed by atoms with van der Waals surface area (Å²) in [6.45, 7) is 3.20. The second kappa shape index (κ2) is 7.93. The zero-order valence-electron chi connectivity index (χ0n) is 11.7. The van der Waals surface area contributed by atoms with Gasteiger partial charge < -0.3 is 9.47 Å². The smallest absolute Gasteiger partial charge is 0.413 e. The summed E-state index contributed by atoms with van der Waals surface area (Å²) in [4.78, 5) is 22.6. The van der Waals surface area contributed by atoms with Gasteiger partial charge in [-0.1, -0.05) is 11.8 Å². The zero-order valence-corrected chi connectivity index (χ0v) is 12.5. The number of amides is 2. The molecule has 116 valence electrons. The summed E-state index contributed by atoms with van der Waals surface area (Å²) in [5.74, 6) is -0.421. The van der Waals surface area contributed by atoms with Crippen LogP contribution in [0.15, 0.2) is 5.16 Å². The Bertz CT molecular complexity index is 489. The quantitative estimate of drug-likeness (QED) is 0.743. The molecule has 1 aromatic rings. The van der Waals surface area contributed by atoms with Gasteiger partial charge in [-0.05, 0) is 30.2 Å². The summed E-state index contributed by atoms with van der Waals surface area (Å²) in [7, 11) is 0. The Hall–Kier alpha value is -1.68. The SMILES string of the molecule is CCOC(=O)NC(=O)CSc1nnnn1C[C@@H]1CCCO1. The Morgan fingerprint density at radius 2 is 2.43 bits per heavy atom. The fourth-order valence-corrected chi connectivity index (χ4v) is 2.53. The van der Waals surface area contributed by atoms with Gasteiger partial charge in [0.2, 0.25) is 11.1 Å². The van der Waals surface area contributed by atoms with E-state index in [-0.39, 0.29) is 18.5 Å². The highest BCUT2D eigenvalue weighted by Gasteiger charge is 2.19. The molecule has 0 aromatic carbocycles. The molecular weight excluding hydrogens is 298 g/mol. The summed E-state index contributed by atoms with van der Waals surface area (Å²) in [6.07, 6.45) is 1.38. The van der Waals surface area contributed by atoms with Crippen molar-refractivity contribution in [3.63, 3.8) is 0 Å². The van der Waals surface area contributed by atoms with E-state index in [0.717, 1.165) is 31.2 Å². The van der Waals surface area contributed by atoms with Crippen molar-refractivity contribution in [2.24, 2.45) is 0 Å². The number of hydrogen-bond donors (Lipinski definition) is 1. The number of tetrazole rings is 1. The van der Waals surface area contributed by atoms with Crippen LogP contribution in [0.25, 0.3) is 0 Å². The van der Waals surface area contributed by atoms with Gasteiger partial charge in [0.1, 0.15) is 0 Å². The molecule has 10 heteroatoms. The van der Waals surface area contributed by atoms with Crippen LogP contribution in [0.4, 0.5) is 4.79 Å². The number of thioether (sulfide) groups is 1. The lowest BCUT2D eigenvalue weighted by molar-refractivity contribution is -0.117. The van der Waals surface area contributed by atoms with Gasteiger partial charge in [-0.15, -0.1) is 5.10 Å². The molecule has 0 spiro atoms. The monoisotopic (exact) mass is 315 g/mol. The number of nitrogens with one attached hydrogen (secondary N) is 1. The lowest BCUT2D eigenvalue weighted by Crippen LogP contribution is -2.32. The van der Waals surface area contributed by atoms with Gasteiger partial charge >= 0.3 is 6.09 Å². The molecule has 1 fully saturated rings. The molecule has 0 radical (unpaired) electrons. The van der Waals surface area contributed by atoms with Gasteiger partial charge in [-0.2, -0.15) is 0 Å². The maximum atomic E-state index is 11.5. The van der Waals surface area contributed by atoms with E-state index in [1.54, 1.807) is 11.6 Å². The molecule has 1 aliphatic heterocycles. The largest absolute Gasteiger partial charge is 0.450 e. The van der Waals surface area contributed by atoms with Crippen LogP contribution in [0.5, 0.6) is 0 Å². The standard InChI is InChI=1S/C11H17N5O4S/c1-2-19-11(18)12-9(17)7-21-10-13-14-15-16(10)6-8-4-3-5-20-8/h8H,2-7H2,1H3,(H,12,17,18)/t8-/m0/s1. The third kappa shape index (κ3) is 4.97. The molecule has 1 N–H and O–H groups in total. The Morgan fingerprint density at radius 3 is 3.14 bits per heavy atom. The number of rotatable bonds is 6. The second-order valence-electron chi connectivity index (χ2n) is 4.34. The highest BCUT2D eigenvalue weighted by Crippen LogP contribution is 2.18. The fraction of sp³-hybridized carbons (Fsp3) is 0.727. The minimum atomic E-state index is -0.748. The lowest BCUT2D eigenvalue weighted by Gasteiger charge is -2.09. The van der Waals surface area contributed by atoms with E-state index in [0.29, 0.717) is 11.7 Å². The average Bonchev–Trinajstić information content (AvgIpc) is 3.09. The van der Waals surface area contributed by atoms with E-state index in [9.17, 15) is 9.59 Å². The predicted molar refractivity (Wildman–Crippen MR) is 72.7 cm³/mol. The number of nitrogens with zero attached hydrogens (tertiary/aromatic N) is 4. The first-order valence-electron chi connectivity index (χ1n) is 6.66. The van der Waals surface area contributed by atoms with E-state index < -0.39 is 12.0 Å². The van der Waals surface area contributed by atoms with Crippen molar-refractivity contribution >= 4 is 23.8 Å². The molecule has 1 saturated heterocycles. The van der Waals surface area contributed by atoms with Crippen LogP contribution in [0.2, 0.25) is 0 Å². The van der Waals surface area contributed by atoms with Crippen LogP contribution in [0.1, 0.15) is 19.8 Å². The number of carbonyl (C=O) groups excluding carboxylic acids is 2. The molecule has 21 heavy (non-hydrogen) atoms. The molecule has 2 amide bonds. The lowest BCUT2D eigenvalue weighted by atomic mass is 10.2. The number of carbonyl (C=O) groups is 2. The summed E-state index contributed by atoms with van der Waals surface area (Å²) in [5.41, 5.74) is 0. The predicted octanol–water partition coefficient (Wildman–Crippen LogP) is 0.217.